The Bertz CT molecular complexity index is 405. The number of carbonyl (C=O) groups is 1. The second-order valence-corrected chi connectivity index (χ2v) is 3.22. The Morgan fingerprint density at radius 2 is 2.31 bits per heavy atom. The van der Waals surface area contributed by atoms with Gasteiger partial charge in [-0.2, -0.15) is 4.39 Å². The predicted molar refractivity (Wildman–Crippen MR) is 56.5 cm³/mol. The summed E-state index contributed by atoms with van der Waals surface area (Å²) in [7, 11) is 0. The zero-order valence-electron chi connectivity index (χ0n) is 8.84. The van der Waals surface area contributed by atoms with Gasteiger partial charge in [0.1, 0.15) is 0 Å². The first-order valence-corrected chi connectivity index (χ1v) is 4.81. The van der Waals surface area contributed by atoms with Gasteiger partial charge in [-0.15, -0.1) is 0 Å². The van der Waals surface area contributed by atoms with Crippen LogP contribution in [0, 0.1) is 11.8 Å². The molecule has 0 saturated carbocycles. The van der Waals surface area contributed by atoms with Crippen LogP contribution >= 0.6 is 0 Å². The fraction of sp³-hybridized carbons (Fsp3) is 0.273. The molecule has 1 aromatic heterocycles. The summed E-state index contributed by atoms with van der Waals surface area (Å²) in [6.45, 7) is 1.95. The first-order chi connectivity index (χ1) is 7.59. The number of nitrogens with zero attached hydrogens (tertiary/aromatic N) is 1. The third kappa shape index (κ3) is 4.16. The van der Waals surface area contributed by atoms with Crippen molar-refractivity contribution < 1.29 is 13.6 Å². The molecule has 0 fully saturated rings. The van der Waals surface area contributed by atoms with Crippen LogP contribution in [0.5, 0.6) is 0 Å². The maximum Gasteiger partial charge on any atom is 0.248 e. The molecule has 0 spiro atoms. The molecule has 1 aromatic rings. The zero-order valence-corrected chi connectivity index (χ0v) is 8.84. The fourth-order valence-corrected chi connectivity index (χ4v) is 1.08. The van der Waals surface area contributed by atoms with Gasteiger partial charge in [-0.25, -0.2) is 9.37 Å². The molecule has 0 bridgehead atoms. The van der Waals surface area contributed by atoms with Crippen LogP contribution in [0.15, 0.2) is 18.3 Å². The van der Waals surface area contributed by atoms with Crippen LogP contribution < -0.4 is 5.32 Å². The van der Waals surface area contributed by atoms with Crippen LogP contribution in [0.4, 0.5) is 8.78 Å². The summed E-state index contributed by atoms with van der Waals surface area (Å²) in [5, 5.41) is 2.61. The number of carbonyl (C=O) groups excluding carboxylic acids is 1. The number of hydrogen-bond donors (Lipinski definition) is 1. The van der Waals surface area contributed by atoms with Gasteiger partial charge in [-0.05, 0) is 18.1 Å². The number of aromatic nitrogens is 1. The van der Waals surface area contributed by atoms with E-state index in [-0.39, 0.29) is 5.91 Å². The van der Waals surface area contributed by atoms with Crippen molar-refractivity contribution in [2.24, 2.45) is 0 Å². The third-order valence-electron chi connectivity index (χ3n) is 1.81. The van der Waals surface area contributed by atoms with E-state index in [9.17, 15) is 13.6 Å². The average Bonchev–Trinajstić information content (AvgIpc) is 2.22. The van der Waals surface area contributed by atoms with E-state index in [1.54, 1.807) is 12.2 Å². The van der Waals surface area contributed by atoms with Crippen molar-refractivity contribution >= 4 is 12.0 Å². The van der Waals surface area contributed by atoms with Crippen LogP contribution in [0.1, 0.15) is 18.9 Å². The van der Waals surface area contributed by atoms with Crippen molar-refractivity contribution in [1.82, 2.24) is 10.3 Å². The molecule has 0 saturated heterocycles. The molecule has 5 heteroatoms. The molecular weight excluding hydrogens is 214 g/mol. The Morgan fingerprint density at radius 3 is 2.94 bits per heavy atom. The Hall–Kier alpha value is -1.78. The van der Waals surface area contributed by atoms with Crippen molar-refractivity contribution in [1.29, 1.82) is 0 Å². The summed E-state index contributed by atoms with van der Waals surface area (Å²) in [4.78, 5) is 13.8. The van der Waals surface area contributed by atoms with E-state index in [0.29, 0.717) is 18.5 Å². The molecule has 1 rings (SSSR count). The van der Waals surface area contributed by atoms with Gasteiger partial charge < -0.3 is 5.32 Å². The summed E-state index contributed by atoms with van der Waals surface area (Å²) < 4.78 is 25.2. The van der Waals surface area contributed by atoms with Gasteiger partial charge in [0.2, 0.25) is 11.9 Å². The standard InChI is InChI=1S/C11H12F2N2O/c1-8(16)14-5-3-2-4-9-6-10(12)11(13)15-7-9/h2,4,6-7H,3,5H2,1H3,(H,14,16). The first-order valence-electron chi connectivity index (χ1n) is 4.81. The molecule has 0 aromatic carbocycles. The average molecular weight is 226 g/mol. The molecular formula is C11H12F2N2O. The van der Waals surface area contributed by atoms with Crippen molar-refractivity contribution in [2.75, 3.05) is 6.54 Å². The topological polar surface area (TPSA) is 42.0 Å². The van der Waals surface area contributed by atoms with Gasteiger partial charge in [0.05, 0.1) is 0 Å². The normalized spacial score (nSPS) is 10.7. The number of rotatable bonds is 4. The van der Waals surface area contributed by atoms with Crippen LogP contribution in [0.2, 0.25) is 0 Å². The SMILES string of the molecule is CC(=O)NCCC=Cc1cnc(F)c(F)c1. The third-order valence-corrected chi connectivity index (χ3v) is 1.81. The Balaban J connectivity index is 2.44. The molecule has 0 aliphatic carbocycles. The lowest BCUT2D eigenvalue weighted by Gasteiger charge is -1.97. The van der Waals surface area contributed by atoms with Gasteiger partial charge in [-0.3, -0.25) is 4.79 Å². The highest BCUT2D eigenvalue weighted by molar-refractivity contribution is 5.72. The monoisotopic (exact) mass is 226 g/mol. The maximum absolute atomic E-state index is 12.7. The number of amides is 1. The minimum absolute atomic E-state index is 0.0945. The van der Waals surface area contributed by atoms with Gasteiger partial charge in [0, 0.05) is 19.7 Å². The smallest absolute Gasteiger partial charge is 0.248 e. The summed E-state index contributed by atoms with van der Waals surface area (Å²) in [5.74, 6) is -2.16. The summed E-state index contributed by atoms with van der Waals surface area (Å²) >= 11 is 0. The quantitative estimate of drug-likeness (QED) is 0.629. The number of nitrogens with one attached hydrogen (secondary N) is 1. The van der Waals surface area contributed by atoms with Gasteiger partial charge in [0.25, 0.3) is 0 Å². The first kappa shape index (κ1) is 12.3. The van der Waals surface area contributed by atoms with Gasteiger partial charge in [-0.1, -0.05) is 12.2 Å². The Labute approximate surface area is 92.2 Å². The Morgan fingerprint density at radius 1 is 1.56 bits per heavy atom. The lowest BCUT2D eigenvalue weighted by Crippen LogP contribution is -2.20. The molecule has 1 heterocycles. The second kappa shape index (κ2) is 5.95. The van der Waals surface area contributed by atoms with Crippen molar-refractivity contribution in [2.45, 2.75) is 13.3 Å². The number of pyridine rings is 1. The van der Waals surface area contributed by atoms with E-state index < -0.39 is 11.8 Å². The lowest BCUT2D eigenvalue weighted by atomic mass is 10.2. The van der Waals surface area contributed by atoms with E-state index in [1.165, 1.54) is 13.1 Å². The molecule has 0 aliphatic rings. The van der Waals surface area contributed by atoms with Gasteiger partial charge in [0.15, 0.2) is 5.82 Å². The molecule has 0 atom stereocenters. The highest BCUT2D eigenvalue weighted by atomic mass is 19.2. The lowest BCUT2D eigenvalue weighted by molar-refractivity contribution is -0.118. The molecule has 16 heavy (non-hydrogen) atoms. The van der Waals surface area contributed by atoms with E-state index in [0.717, 1.165) is 6.07 Å². The molecule has 86 valence electrons. The summed E-state index contributed by atoms with van der Waals surface area (Å²) in [6, 6.07) is 1.07. The zero-order chi connectivity index (χ0) is 12.0. The van der Waals surface area contributed by atoms with E-state index >= 15 is 0 Å². The van der Waals surface area contributed by atoms with Crippen molar-refractivity contribution in [3.05, 3.63) is 35.7 Å². The number of hydrogen-bond acceptors (Lipinski definition) is 2. The van der Waals surface area contributed by atoms with Crippen molar-refractivity contribution in [3.63, 3.8) is 0 Å². The molecule has 3 nitrogen and oxygen atoms in total. The van der Waals surface area contributed by atoms with Crippen LogP contribution in [-0.4, -0.2) is 17.4 Å². The molecule has 0 radical (unpaired) electrons. The van der Waals surface area contributed by atoms with E-state index in [1.807, 2.05) is 0 Å². The number of halogens is 2. The highest BCUT2D eigenvalue weighted by Crippen LogP contribution is 2.07. The minimum Gasteiger partial charge on any atom is -0.356 e. The minimum atomic E-state index is -1.10. The predicted octanol–water partition coefficient (Wildman–Crippen LogP) is 1.90. The van der Waals surface area contributed by atoms with Crippen LogP contribution in [0.3, 0.4) is 0 Å². The maximum atomic E-state index is 12.7. The summed E-state index contributed by atoms with van der Waals surface area (Å²) in [5.41, 5.74) is 0.488. The van der Waals surface area contributed by atoms with E-state index in [2.05, 4.69) is 10.3 Å². The molecule has 0 unspecified atom stereocenters. The van der Waals surface area contributed by atoms with Gasteiger partial charge >= 0.3 is 0 Å². The Kier molecular flexibility index (Phi) is 4.57. The van der Waals surface area contributed by atoms with E-state index in [4.69, 9.17) is 0 Å². The van der Waals surface area contributed by atoms with Crippen LogP contribution in [0.25, 0.3) is 6.08 Å². The van der Waals surface area contributed by atoms with Crippen molar-refractivity contribution in [3.8, 4) is 0 Å². The van der Waals surface area contributed by atoms with Crippen LogP contribution in [-0.2, 0) is 4.79 Å². The molecule has 1 amide bonds. The second-order valence-electron chi connectivity index (χ2n) is 3.22. The molecule has 0 aliphatic heterocycles. The largest absolute Gasteiger partial charge is 0.356 e. The fourth-order valence-electron chi connectivity index (χ4n) is 1.08. The summed E-state index contributed by atoms with van der Waals surface area (Å²) in [6.07, 6.45) is 5.24. The highest BCUT2D eigenvalue weighted by Gasteiger charge is 2.01. The molecule has 1 N–H and O–H groups in total.